The number of ketones is 2. The summed E-state index contributed by atoms with van der Waals surface area (Å²) in [6.45, 7) is 39.5. The van der Waals surface area contributed by atoms with E-state index in [1.807, 2.05) is 53.7 Å². The summed E-state index contributed by atoms with van der Waals surface area (Å²) in [6.07, 6.45) is 31.3. The molecule has 0 saturated carbocycles. The van der Waals surface area contributed by atoms with E-state index in [4.69, 9.17) is 12.6 Å². The van der Waals surface area contributed by atoms with Crippen molar-refractivity contribution in [3.8, 4) is 0 Å². The van der Waals surface area contributed by atoms with Gasteiger partial charge in [0.1, 0.15) is 35.3 Å². The average Bonchev–Trinajstić information content (AvgIpc) is 1.59. The van der Waals surface area contributed by atoms with Gasteiger partial charge in [-0.15, -0.1) is 12.6 Å². The molecule has 0 bridgehead atoms. The number of nitrogens with zero attached hydrogens (tertiary/aromatic N) is 4. The Bertz CT molecular complexity index is 4880. The molecule has 0 amide bonds. The first kappa shape index (κ1) is 90.4. The molecule has 6 aromatic carbocycles. The molecule has 20 heteroatoms. The van der Waals surface area contributed by atoms with Crippen LogP contribution >= 0.6 is 0 Å². The molecule has 4 aliphatic rings. The molecule has 0 saturated heterocycles. The molecule has 106 heavy (non-hydrogen) atoms. The smallest absolute Gasteiger partial charge is 0.748 e. The van der Waals surface area contributed by atoms with Crippen LogP contribution in [0.5, 0.6) is 0 Å². The molecule has 0 unspecified atom stereocenters. The molecule has 15 nitrogen and oxygen atoms in total. The van der Waals surface area contributed by atoms with Crippen molar-refractivity contribution in [1.82, 2.24) is 0 Å². The zero-order chi connectivity index (χ0) is 77.1. The Morgan fingerprint density at radius 1 is 0.547 bits per heavy atom. The maximum atomic E-state index is 12.4. The van der Waals surface area contributed by atoms with E-state index < -0.39 is 36.3 Å². The fourth-order valence-electron chi connectivity index (χ4n) is 14.3. The molecule has 0 fully saturated rings. The van der Waals surface area contributed by atoms with Gasteiger partial charge in [-0.2, -0.15) is 15.6 Å². The summed E-state index contributed by atoms with van der Waals surface area (Å²) in [6, 6.07) is 37.3. The molecular formula is C86H107N4Na2O11S3+. The third kappa shape index (κ3) is 22.0. The molecule has 10 rings (SSSR count). The minimum Gasteiger partial charge on any atom is -0.748 e. The van der Waals surface area contributed by atoms with Crippen molar-refractivity contribution in [2.75, 3.05) is 42.2 Å². The number of aryl methyl sites for hydroxylation is 1. The number of anilines is 2. The fraction of sp³-hybridized carbons (Fsp3) is 0.407. The van der Waals surface area contributed by atoms with E-state index >= 15 is 0 Å². The van der Waals surface area contributed by atoms with Crippen LogP contribution in [0.15, 0.2) is 198 Å². The quantitative estimate of drug-likeness (QED) is 0.0155. The van der Waals surface area contributed by atoms with Gasteiger partial charge in [0.15, 0.2) is 11.4 Å². The first-order valence-electron chi connectivity index (χ1n) is 35.9. The van der Waals surface area contributed by atoms with E-state index in [9.17, 15) is 35.5 Å². The number of carbonyl (C=O) groups excluding carboxylic acids is 2. The second-order valence-corrected chi connectivity index (χ2v) is 34.8. The van der Waals surface area contributed by atoms with E-state index in [1.54, 1.807) is 13.0 Å². The molecule has 6 aromatic rings. The normalized spacial score (nSPS) is 17.0. The van der Waals surface area contributed by atoms with Gasteiger partial charge in [0.25, 0.3) is 0 Å². The van der Waals surface area contributed by atoms with Crippen LogP contribution in [0, 0.1) is 24.7 Å². The number of hydrogen-bond donors (Lipinski definition) is 0. The third-order valence-electron chi connectivity index (χ3n) is 20.4. The summed E-state index contributed by atoms with van der Waals surface area (Å²) in [7, 11) is -9.80. The zero-order valence-electron chi connectivity index (χ0n) is 66.0. The number of benzene rings is 6. The van der Waals surface area contributed by atoms with Crippen molar-refractivity contribution in [1.29, 1.82) is 0 Å². The van der Waals surface area contributed by atoms with Gasteiger partial charge in [0.2, 0.25) is 11.4 Å². The monoisotopic (exact) mass is 1510 g/mol. The van der Waals surface area contributed by atoms with Gasteiger partial charge in [-0.3, -0.25) is 9.59 Å². The standard InChI is InChI=1S/C43H48N2O3S.C37H48N2O4S.C6H12O.2Na.O3S/c1-6-7-29-44-36-27-25-32-19-13-15-21-34(32)40(36)42(2,3)38(44)23-11-9-8-10-12-24-39-43(4,5)41-35-22-16-14-20-33(35)26-28-37(41)45(39)30-17-18-31-49(46,47)48;1-26-19-21-30-28(24-26)36(5,6)32(38(30)9)16-12-10-13-17-33-37(7,8)29-25-27(44(41,42)43)20-22-31(29)39(33)23-15-11-14-18-34(40)35(2,3)4;1-5(7)6(2,3)4;;;1-4(2)3/h8-16,19-28H,1,6-7,17-18,29-31H2,2-5H3,(H,46,47,48);10,12-13,16-17,19-22,24-25H,11,14-15,18,23H2,1-9H3;1-4H3;;;/q;;;2*+1;/p-1. The van der Waals surface area contributed by atoms with Crippen molar-refractivity contribution in [3.63, 3.8) is 0 Å². The number of rotatable bonds is 22. The first-order chi connectivity index (χ1) is 48.5. The summed E-state index contributed by atoms with van der Waals surface area (Å²) in [5, 5.41) is 5.00. The molecule has 0 aromatic heterocycles. The van der Waals surface area contributed by atoms with Gasteiger partial charge in [-0.1, -0.05) is 197 Å². The second kappa shape index (κ2) is 37.4. The topological polar surface area (TPSA) is 212 Å². The van der Waals surface area contributed by atoms with Crippen LogP contribution in [0.2, 0.25) is 0 Å². The molecule has 0 aliphatic carbocycles. The number of hydrogen-bond acceptors (Lipinski definition) is 13. The van der Waals surface area contributed by atoms with E-state index in [-0.39, 0.29) is 108 Å². The van der Waals surface area contributed by atoms with Crippen molar-refractivity contribution < 1.29 is 116 Å². The predicted molar refractivity (Wildman–Crippen MR) is 424 cm³/mol. The predicted octanol–water partition coefficient (Wildman–Crippen LogP) is 12.2. The van der Waals surface area contributed by atoms with Gasteiger partial charge >= 0.3 is 69.7 Å². The zero-order valence-corrected chi connectivity index (χ0v) is 72.5. The Hall–Kier alpha value is -6.26. The van der Waals surface area contributed by atoms with Gasteiger partial charge in [-0.05, 0) is 142 Å². The first-order valence-corrected chi connectivity index (χ1v) is 39.9. The molecule has 0 atom stereocenters. The van der Waals surface area contributed by atoms with Crippen LogP contribution in [0.4, 0.5) is 22.7 Å². The van der Waals surface area contributed by atoms with Crippen molar-refractivity contribution in [3.05, 3.63) is 228 Å². The minimum absolute atomic E-state index is 0. The third-order valence-corrected chi connectivity index (χ3v) is 22.0. The van der Waals surface area contributed by atoms with Gasteiger partial charge in [-0.25, -0.2) is 16.8 Å². The van der Waals surface area contributed by atoms with Crippen LogP contribution in [0.3, 0.4) is 0 Å². The Labute approximate surface area is 678 Å². The Balaban J connectivity index is 0.000000329. The van der Waals surface area contributed by atoms with Crippen molar-refractivity contribution in [2.24, 2.45) is 10.8 Å². The molecular weight excluding hydrogens is 1410 g/mol. The molecule has 556 valence electrons. The van der Waals surface area contributed by atoms with E-state index in [1.165, 1.54) is 78.7 Å². The number of fused-ring (bicyclic) bond motifs is 8. The Morgan fingerprint density at radius 3 is 1.61 bits per heavy atom. The van der Waals surface area contributed by atoms with Crippen molar-refractivity contribution in [2.45, 2.75) is 189 Å². The molecule has 0 N–H and O–H groups in total. The summed E-state index contributed by atoms with van der Waals surface area (Å²) < 4.78 is 99.2. The summed E-state index contributed by atoms with van der Waals surface area (Å²) in [5.74, 6) is 0.186. The molecule has 4 aliphatic heterocycles. The maximum Gasteiger partial charge on any atom is 1.00 e. The number of Topliss-reactive ketones (excluding diaryl/α,β-unsaturated/α-hetero) is 2. The molecule has 0 spiro atoms. The van der Waals surface area contributed by atoms with Crippen LogP contribution in [-0.2, 0) is 62.1 Å². The van der Waals surface area contributed by atoms with Crippen LogP contribution in [0.25, 0.3) is 21.5 Å². The molecule has 4 heterocycles. The van der Waals surface area contributed by atoms with Gasteiger partial charge in [0.05, 0.1) is 25.8 Å². The van der Waals surface area contributed by atoms with Gasteiger partial charge < -0.3 is 25.8 Å². The second-order valence-electron chi connectivity index (χ2n) is 31.4. The van der Waals surface area contributed by atoms with Crippen LogP contribution < -0.4 is 68.9 Å². The van der Waals surface area contributed by atoms with Crippen LogP contribution in [0.1, 0.15) is 183 Å². The Morgan fingerprint density at radius 2 is 1.05 bits per heavy atom. The van der Waals surface area contributed by atoms with E-state index in [2.05, 4.69) is 247 Å². The summed E-state index contributed by atoms with van der Waals surface area (Å²) in [5.41, 5.74) is 13.9. The summed E-state index contributed by atoms with van der Waals surface area (Å²) >= 11 is 0. The van der Waals surface area contributed by atoms with Crippen molar-refractivity contribution >= 4 is 98.1 Å². The summed E-state index contributed by atoms with van der Waals surface area (Å²) in [4.78, 5) is 27.3. The minimum atomic E-state index is -4.57. The number of unbranched alkanes of at least 4 members (excludes halogenated alkanes) is 4. The SMILES string of the molecule is CC(=O)C(C)(C)C.Cc1ccc2c(c1)C(C)(C)C(/C=C/C=C/C=C1\N(CCCCCC(=O)C(C)(C)C)c3ccc(S(=O)(=O)[O-])cc3C1(C)C)=[N+]2C.O=S(=O)=O.[CH2-]CCCN1\C(=C/C=C/C=C/C=C/C2=[N+](CCCCS(=O)(=O)[O-])c3ccc4ccccc4c3C2(C)C)C(C)(C)c2c1ccc1ccccc21.[Na+].[Na+]. The molecule has 0 radical (unpaired) electrons. The van der Waals surface area contributed by atoms with E-state index in [0.717, 1.165) is 73.5 Å². The van der Waals surface area contributed by atoms with Gasteiger partial charge in [0, 0.05) is 112 Å². The van der Waals surface area contributed by atoms with E-state index in [0.29, 0.717) is 25.8 Å². The maximum absolute atomic E-state index is 12.4. The average molecular weight is 1510 g/mol. The number of carbonyl (C=O) groups is 2. The largest absolute Gasteiger partial charge is 1.00 e. The fourth-order valence-corrected chi connectivity index (χ4v) is 15.4. The van der Waals surface area contributed by atoms with Crippen LogP contribution in [-0.4, -0.2) is 103 Å². The number of allylic oxidation sites excluding steroid dienone is 14. The Kier molecular flexibility index (Phi) is 31.9.